The molecule has 0 saturated heterocycles. The molecule has 0 radical (unpaired) electrons. The number of nitrogens with zero attached hydrogens (tertiary/aromatic N) is 1. The molecule has 2 amide bonds. The van der Waals surface area contributed by atoms with Gasteiger partial charge in [0.2, 0.25) is 11.8 Å². The Morgan fingerprint density at radius 3 is 2.44 bits per heavy atom. The maximum atomic E-state index is 12.1. The van der Waals surface area contributed by atoms with E-state index in [1.165, 1.54) is 23.1 Å². The molecule has 0 atom stereocenters. The molecule has 27 heavy (non-hydrogen) atoms. The first-order valence-electron chi connectivity index (χ1n) is 8.53. The average molecular weight is 400 g/mol. The van der Waals surface area contributed by atoms with E-state index in [2.05, 4.69) is 15.6 Å². The number of carbonyl (C=O) groups is 2. The predicted octanol–water partition coefficient (Wildman–Crippen LogP) is 4.53. The number of fused-ring (bicyclic) bond motifs is 1. The zero-order valence-corrected chi connectivity index (χ0v) is 17.1. The van der Waals surface area contributed by atoms with Crippen molar-refractivity contribution in [2.45, 2.75) is 20.8 Å². The number of benzene rings is 2. The number of nitrogens with one attached hydrogen (secondary N) is 2. The summed E-state index contributed by atoms with van der Waals surface area (Å²) in [5, 5.41) is 6.28. The molecule has 0 aliphatic heterocycles. The van der Waals surface area contributed by atoms with Gasteiger partial charge in [0.05, 0.1) is 21.7 Å². The smallest absolute Gasteiger partial charge is 0.236 e. The quantitative estimate of drug-likeness (QED) is 0.639. The molecule has 0 aliphatic rings. The summed E-state index contributed by atoms with van der Waals surface area (Å²) in [6.45, 7) is 5.97. The Kier molecular flexibility index (Phi) is 6.13. The highest BCUT2D eigenvalue weighted by Crippen LogP contribution is 2.27. The molecule has 2 N–H and O–H groups in total. The van der Waals surface area contributed by atoms with Crippen LogP contribution in [0.3, 0.4) is 0 Å². The van der Waals surface area contributed by atoms with Gasteiger partial charge in [0.15, 0.2) is 5.13 Å². The first-order valence-corrected chi connectivity index (χ1v) is 10.5. The van der Waals surface area contributed by atoms with Crippen LogP contribution in [0.25, 0.3) is 10.2 Å². The van der Waals surface area contributed by atoms with Crippen LogP contribution in [-0.2, 0) is 9.59 Å². The van der Waals surface area contributed by atoms with E-state index in [1.54, 1.807) is 0 Å². The average Bonchev–Trinajstić information content (AvgIpc) is 3.01. The standard InChI is InChI=1S/C20H21N3O2S2/c1-12-7-8-15(14(3)9-12)21-17(24)10-26-11-18(25)22-20-23-19-13(2)5-4-6-16(19)27-20/h4-9H,10-11H2,1-3H3,(H,21,24)(H,22,23,25). The van der Waals surface area contributed by atoms with Crippen molar-refractivity contribution in [3.8, 4) is 0 Å². The predicted molar refractivity (Wildman–Crippen MR) is 115 cm³/mol. The monoisotopic (exact) mass is 399 g/mol. The lowest BCUT2D eigenvalue weighted by Gasteiger charge is -2.09. The number of aromatic nitrogens is 1. The molecule has 3 aromatic rings. The summed E-state index contributed by atoms with van der Waals surface area (Å²) in [6, 6.07) is 11.8. The van der Waals surface area contributed by atoms with E-state index < -0.39 is 0 Å². The van der Waals surface area contributed by atoms with Gasteiger partial charge in [-0.3, -0.25) is 9.59 Å². The number of hydrogen-bond donors (Lipinski definition) is 2. The fraction of sp³-hybridized carbons (Fsp3) is 0.250. The van der Waals surface area contributed by atoms with E-state index >= 15 is 0 Å². The normalized spacial score (nSPS) is 10.8. The highest BCUT2D eigenvalue weighted by Gasteiger charge is 2.11. The fourth-order valence-electron chi connectivity index (χ4n) is 2.67. The molecular formula is C20H21N3O2S2. The molecule has 0 unspecified atom stereocenters. The van der Waals surface area contributed by atoms with Crippen molar-refractivity contribution in [1.82, 2.24) is 4.98 Å². The number of amides is 2. The molecule has 1 heterocycles. The Labute approximate surface area is 166 Å². The van der Waals surface area contributed by atoms with Crippen LogP contribution in [0.2, 0.25) is 0 Å². The zero-order valence-electron chi connectivity index (χ0n) is 15.5. The fourth-order valence-corrected chi connectivity index (χ4v) is 4.25. The largest absolute Gasteiger partial charge is 0.325 e. The number of thiazole rings is 1. The van der Waals surface area contributed by atoms with Gasteiger partial charge in [-0.1, -0.05) is 41.2 Å². The molecule has 2 aromatic carbocycles. The minimum atomic E-state index is -0.156. The van der Waals surface area contributed by atoms with Gasteiger partial charge in [-0.15, -0.1) is 11.8 Å². The van der Waals surface area contributed by atoms with Crippen molar-refractivity contribution in [3.63, 3.8) is 0 Å². The summed E-state index contributed by atoms with van der Waals surface area (Å²) < 4.78 is 1.05. The SMILES string of the molecule is Cc1ccc(NC(=O)CSCC(=O)Nc2nc3c(C)cccc3s2)c(C)c1. The topological polar surface area (TPSA) is 71.1 Å². The van der Waals surface area contributed by atoms with Crippen LogP contribution in [0.15, 0.2) is 36.4 Å². The van der Waals surface area contributed by atoms with Crippen LogP contribution < -0.4 is 10.6 Å². The van der Waals surface area contributed by atoms with Crippen LogP contribution in [0.1, 0.15) is 16.7 Å². The summed E-state index contributed by atoms with van der Waals surface area (Å²) in [5.41, 5.74) is 4.99. The third-order valence-electron chi connectivity index (χ3n) is 3.99. The van der Waals surface area contributed by atoms with Crippen molar-refractivity contribution in [3.05, 3.63) is 53.1 Å². The molecule has 140 valence electrons. The summed E-state index contributed by atoms with van der Waals surface area (Å²) in [7, 11) is 0. The molecule has 0 bridgehead atoms. The number of rotatable bonds is 6. The minimum Gasteiger partial charge on any atom is -0.325 e. The Bertz CT molecular complexity index is 998. The van der Waals surface area contributed by atoms with Crippen LogP contribution >= 0.6 is 23.1 Å². The summed E-state index contributed by atoms with van der Waals surface area (Å²) in [6.07, 6.45) is 0. The number of para-hydroxylation sites is 1. The number of aryl methyl sites for hydroxylation is 3. The molecule has 0 spiro atoms. The Morgan fingerprint density at radius 1 is 1.00 bits per heavy atom. The van der Waals surface area contributed by atoms with Gasteiger partial charge in [-0.05, 0) is 44.0 Å². The second kappa shape index (κ2) is 8.54. The van der Waals surface area contributed by atoms with Gasteiger partial charge in [0.1, 0.15) is 0 Å². The summed E-state index contributed by atoms with van der Waals surface area (Å²) in [5.74, 6) is 0.154. The molecule has 5 nitrogen and oxygen atoms in total. The Hall–Kier alpha value is -2.38. The van der Waals surface area contributed by atoms with Crippen molar-refractivity contribution in [1.29, 1.82) is 0 Å². The number of anilines is 2. The van der Waals surface area contributed by atoms with E-state index in [0.717, 1.165) is 32.6 Å². The zero-order chi connectivity index (χ0) is 19.4. The third-order valence-corrected chi connectivity index (χ3v) is 5.86. The Balaban J connectivity index is 1.47. The second-order valence-electron chi connectivity index (χ2n) is 6.35. The molecular weight excluding hydrogens is 378 g/mol. The van der Waals surface area contributed by atoms with Gasteiger partial charge in [0.25, 0.3) is 0 Å². The number of thioether (sulfide) groups is 1. The van der Waals surface area contributed by atoms with Gasteiger partial charge < -0.3 is 10.6 Å². The molecule has 3 rings (SSSR count). The molecule has 0 saturated carbocycles. The number of carbonyl (C=O) groups excluding carboxylic acids is 2. The first kappa shape index (κ1) is 19.4. The third kappa shape index (κ3) is 5.08. The molecule has 7 heteroatoms. The highest BCUT2D eigenvalue weighted by atomic mass is 32.2. The van der Waals surface area contributed by atoms with E-state index in [0.29, 0.717) is 5.13 Å². The summed E-state index contributed by atoms with van der Waals surface area (Å²) in [4.78, 5) is 28.6. The lowest BCUT2D eigenvalue weighted by Crippen LogP contribution is -2.18. The van der Waals surface area contributed by atoms with Gasteiger partial charge in [0, 0.05) is 5.69 Å². The number of hydrogen-bond acceptors (Lipinski definition) is 5. The second-order valence-corrected chi connectivity index (χ2v) is 8.36. The first-order chi connectivity index (χ1) is 12.9. The van der Waals surface area contributed by atoms with Crippen LogP contribution in [0.4, 0.5) is 10.8 Å². The summed E-state index contributed by atoms with van der Waals surface area (Å²) >= 11 is 2.73. The molecule has 0 aliphatic carbocycles. The van der Waals surface area contributed by atoms with E-state index in [9.17, 15) is 9.59 Å². The maximum absolute atomic E-state index is 12.1. The maximum Gasteiger partial charge on any atom is 0.236 e. The van der Waals surface area contributed by atoms with Crippen LogP contribution in [0, 0.1) is 20.8 Å². The molecule has 1 aromatic heterocycles. The van der Waals surface area contributed by atoms with Crippen molar-refractivity contribution >= 4 is 55.9 Å². The Morgan fingerprint density at radius 2 is 1.74 bits per heavy atom. The highest BCUT2D eigenvalue weighted by molar-refractivity contribution is 8.00. The van der Waals surface area contributed by atoms with Crippen LogP contribution in [-0.4, -0.2) is 28.3 Å². The van der Waals surface area contributed by atoms with E-state index in [4.69, 9.17) is 0 Å². The molecule has 0 fully saturated rings. The lowest BCUT2D eigenvalue weighted by atomic mass is 10.1. The van der Waals surface area contributed by atoms with Crippen molar-refractivity contribution < 1.29 is 9.59 Å². The van der Waals surface area contributed by atoms with Crippen LogP contribution in [0.5, 0.6) is 0 Å². The van der Waals surface area contributed by atoms with Gasteiger partial charge >= 0.3 is 0 Å². The van der Waals surface area contributed by atoms with Gasteiger partial charge in [-0.2, -0.15) is 0 Å². The minimum absolute atomic E-state index is 0.115. The van der Waals surface area contributed by atoms with Crippen molar-refractivity contribution in [2.24, 2.45) is 0 Å². The van der Waals surface area contributed by atoms with E-state index in [1.807, 2.05) is 57.2 Å². The van der Waals surface area contributed by atoms with Crippen molar-refractivity contribution in [2.75, 3.05) is 22.1 Å². The van der Waals surface area contributed by atoms with Gasteiger partial charge in [-0.25, -0.2) is 4.98 Å². The lowest BCUT2D eigenvalue weighted by molar-refractivity contribution is -0.114. The van der Waals surface area contributed by atoms with E-state index in [-0.39, 0.29) is 23.3 Å².